The highest BCUT2D eigenvalue weighted by Crippen LogP contribution is 2.32. The van der Waals surface area contributed by atoms with Gasteiger partial charge in [0.1, 0.15) is 0 Å². The van der Waals surface area contributed by atoms with Crippen LogP contribution in [0.15, 0.2) is 60.8 Å². The minimum Gasteiger partial charge on any atom is -0.366 e. The van der Waals surface area contributed by atoms with E-state index < -0.39 is 0 Å². The number of nitrogen functional groups attached to an aromatic ring is 1. The third kappa shape index (κ3) is 3.95. The largest absolute Gasteiger partial charge is 0.366 e. The number of benzene rings is 2. The number of nitrogens with zero attached hydrogens (tertiary/aromatic N) is 5. The Bertz CT molecular complexity index is 1390. The van der Waals surface area contributed by atoms with Crippen LogP contribution in [0.2, 0.25) is 0 Å². The van der Waals surface area contributed by atoms with E-state index >= 15 is 0 Å². The lowest BCUT2D eigenvalue weighted by atomic mass is 10.0. The molecule has 3 heterocycles. The highest BCUT2D eigenvalue weighted by molar-refractivity contribution is 5.91. The predicted molar refractivity (Wildman–Crippen MR) is 123 cm³/mol. The van der Waals surface area contributed by atoms with Crippen molar-refractivity contribution in [2.45, 2.75) is 19.4 Å². The fraction of sp³-hybridized carbons (Fsp3) is 0.167. The number of nitriles is 1. The Kier molecular flexibility index (Phi) is 5.12. The first kappa shape index (κ1) is 20.5. The molecule has 1 aliphatic rings. The summed E-state index contributed by atoms with van der Waals surface area (Å²) in [4.78, 5) is 22.9. The first-order chi connectivity index (χ1) is 16.0. The second kappa shape index (κ2) is 8.26. The first-order valence-corrected chi connectivity index (χ1v) is 10.5. The zero-order valence-corrected chi connectivity index (χ0v) is 17.9. The Morgan fingerprint density at radius 3 is 2.76 bits per heavy atom. The molecule has 2 amide bonds. The number of hydrogen-bond acceptors (Lipinski definition) is 6. The van der Waals surface area contributed by atoms with E-state index in [1.165, 1.54) is 5.06 Å². The molecule has 1 atom stereocenters. The lowest BCUT2D eigenvalue weighted by molar-refractivity contribution is -0.0829. The third-order valence-electron chi connectivity index (χ3n) is 5.69. The van der Waals surface area contributed by atoms with E-state index in [9.17, 15) is 4.79 Å². The molecule has 0 aliphatic carbocycles. The summed E-state index contributed by atoms with van der Waals surface area (Å²) in [5, 5.41) is 17.5. The maximum atomic E-state index is 13.1. The van der Waals surface area contributed by atoms with Crippen molar-refractivity contribution >= 4 is 23.3 Å². The van der Waals surface area contributed by atoms with Gasteiger partial charge in [-0.15, -0.1) is 5.10 Å². The maximum Gasteiger partial charge on any atom is 0.346 e. The van der Waals surface area contributed by atoms with E-state index in [0.717, 1.165) is 22.3 Å². The molecule has 1 unspecified atom stereocenters. The molecule has 2 aromatic heterocycles. The first-order valence-electron chi connectivity index (χ1n) is 10.5. The maximum absolute atomic E-state index is 13.1. The Morgan fingerprint density at radius 1 is 1.18 bits per heavy atom. The number of amides is 2. The number of carbonyl (C=O) groups excluding carboxylic acids is 1. The second-order valence-electron chi connectivity index (χ2n) is 7.85. The van der Waals surface area contributed by atoms with E-state index in [-0.39, 0.29) is 18.0 Å². The smallest absolute Gasteiger partial charge is 0.346 e. The van der Waals surface area contributed by atoms with E-state index in [4.69, 9.17) is 15.8 Å². The van der Waals surface area contributed by atoms with Gasteiger partial charge in [0.2, 0.25) is 5.95 Å². The van der Waals surface area contributed by atoms with Crippen LogP contribution in [-0.2, 0) is 4.84 Å². The number of hydroxylamine groups is 2. The minimum absolute atomic E-state index is 0.214. The molecular formula is C24H21N7O2. The fourth-order valence-corrected chi connectivity index (χ4v) is 3.93. The molecule has 164 valence electrons. The molecule has 0 saturated carbocycles. The molecule has 2 aromatic carbocycles. The van der Waals surface area contributed by atoms with Crippen molar-refractivity contribution in [2.75, 3.05) is 17.7 Å². The van der Waals surface area contributed by atoms with E-state index in [0.29, 0.717) is 29.9 Å². The molecule has 1 aliphatic heterocycles. The van der Waals surface area contributed by atoms with Gasteiger partial charge in [-0.3, -0.25) is 4.84 Å². The molecule has 3 N–H and O–H groups in total. The summed E-state index contributed by atoms with van der Waals surface area (Å²) in [6, 6.07) is 18.4. The van der Waals surface area contributed by atoms with Crippen LogP contribution in [0.5, 0.6) is 0 Å². The summed E-state index contributed by atoms with van der Waals surface area (Å²) >= 11 is 0. The number of nitrogens with one attached hydrogen (secondary N) is 1. The molecule has 1 fully saturated rings. The SMILES string of the molecule is Cc1ccc(-c2ccc3nc(N)nn3c2)cc1NC(=O)N1OCCC1c1ccc(C#N)cc1. The van der Waals surface area contributed by atoms with Crippen molar-refractivity contribution in [2.24, 2.45) is 0 Å². The van der Waals surface area contributed by atoms with Gasteiger partial charge >= 0.3 is 6.03 Å². The van der Waals surface area contributed by atoms with Crippen molar-refractivity contribution in [1.82, 2.24) is 19.7 Å². The third-order valence-corrected chi connectivity index (χ3v) is 5.69. The summed E-state index contributed by atoms with van der Waals surface area (Å²) < 4.78 is 1.63. The van der Waals surface area contributed by atoms with Gasteiger partial charge in [-0.25, -0.2) is 9.31 Å². The van der Waals surface area contributed by atoms with Gasteiger partial charge in [-0.05, 0) is 53.9 Å². The van der Waals surface area contributed by atoms with Crippen molar-refractivity contribution < 1.29 is 9.63 Å². The molecule has 0 radical (unpaired) electrons. The second-order valence-corrected chi connectivity index (χ2v) is 7.85. The molecule has 5 rings (SSSR count). The van der Waals surface area contributed by atoms with E-state index in [1.54, 1.807) is 16.6 Å². The number of anilines is 2. The lowest BCUT2D eigenvalue weighted by Crippen LogP contribution is -2.33. The summed E-state index contributed by atoms with van der Waals surface area (Å²) in [5.41, 5.74) is 11.3. The van der Waals surface area contributed by atoms with Crippen LogP contribution in [0.1, 0.15) is 29.2 Å². The number of carbonyl (C=O) groups is 1. The zero-order valence-electron chi connectivity index (χ0n) is 17.9. The van der Waals surface area contributed by atoms with Gasteiger partial charge < -0.3 is 11.1 Å². The van der Waals surface area contributed by atoms with Crippen LogP contribution in [0, 0.1) is 18.3 Å². The van der Waals surface area contributed by atoms with Gasteiger partial charge in [0.15, 0.2) is 5.65 Å². The van der Waals surface area contributed by atoms with Crippen LogP contribution < -0.4 is 11.1 Å². The van der Waals surface area contributed by atoms with Crippen molar-refractivity contribution in [3.63, 3.8) is 0 Å². The van der Waals surface area contributed by atoms with E-state index in [1.807, 2.05) is 55.6 Å². The summed E-state index contributed by atoms with van der Waals surface area (Å²) in [5.74, 6) is 0.214. The number of aromatic nitrogens is 3. The number of urea groups is 1. The highest BCUT2D eigenvalue weighted by atomic mass is 16.7. The van der Waals surface area contributed by atoms with Gasteiger partial charge in [-0.1, -0.05) is 24.3 Å². The molecule has 0 bridgehead atoms. The van der Waals surface area contributed by atoms with Crippen molar-refractivity contribution in [1.29, 1.82) is 5.26 Å². The predicted octanol–water partition coefficient (Wildman–Crippen LogP) is 4.07. The van der Waals surface area contributed by atoms with Crippen LogP contribution in [0.3, 0.4) is 0 Å². The Labute approximate surface area is 190 Å². The average molecular weight is 439 g/mol. The molecule has 1 saturated heterocycles. The fourth-order valence-electron chi connectivity index (χ4n) is 3.93. The molecule has 33 heavy (non-hydrogen) atoms. The number of nitrogens with two attached hydrogens (primary N) is 1. The number of rotatable bonds is 3. The average Bonchev–Trinajstić information content (AvgIpc) is 3.46. The van der Waals surface area contributed by atoms with Gasteiger partial charge in [0.25, 0.3) is 0 Å². The van der Waals surface area contributed by atoms with Crippen LogP contribution in [0.4, 0.5) is 16.4 Å². The summed E-state index contributed by atoms with van der Waals surface area (Å²) in [6.07, 6.45) is 2.53. The number of hydrogen-bond donors (Lipinski definition) is 2. The number of aryl methyl sites for hydroxylation is 1. The molecule has 9 heteroatoms. The quantitative estimate of drug-likeness (QED) is 0.496. The number of pyridine rings is 1. The normalized spacial score (nSPS) is 15.5. The summed E-state index contributed by atoms with van der Waals surface area (Å²) in [7, 11) is 0. The monoisotopic (exact) mass is 439 g/mol. The minimum atomic E-state index is -0.346. The van der Waals surface area contributed by atoms with Gasteiger partial charge in [-0.2, -0.15) is 15.3 Å². The molecular weight excluding hydrogens is 418 g/mol. The Balaban J connectivity index is 1.38. The van der Waals surface area contributed by atoms with E-state index in [2.05, 4.69) is 21.5 Å². The molecule has 9 nitrogen and oxygen atoms in total. The summed E-state index contributed by atoms with van der Waals surface area (Å²) in [6.45, 7) is 2.38. The molecule has 4 aromatic rings. The standard InChI is InChI=1S/C24H21N7O2/c1-15-2-5-18(19-8-9-22-28-23(26)29-30(22)14-19)12-20(15)27-24(32)31-21(10-11-33-31)17-6-3-16(13-25)4-7-17/h2-9,12,14,21H,10-11H2,1H3,(H2,26,29)(H,27,32). The van der Waals surface area contributed by atoms with Crippen LogP contribution in [0.25, 0.3) is 16.8 Å². The van der Waals surface area contributed by atoms with Gasteiger partial charge in [0.05, 0.1) is 24.3 Å². The van der Waals surface area contributed by atoms with Crippen molar-refractivity contribution in [3.05, 3.63) is 77.5 Å². The van der Waals surface area contributed by atoms with Crippen molar-refractivity contribution in [3.8, 4) is 17.2 Å². The van der Waals surface area contributed by atoms with Crippen LogP contribution in [-0.4, -0.2) is 32.3 Å². The highest BCUT2D eigenvalue weighted by Gasteiger charge is 2.32. The topological polar surface area (TPSA) is 122 Å². The van der Waals surface area contributed by atoms with Gasteiger partial charge in [0, 0.05) is 23.9 Å². The Morgan fingerprint density at radius 2 is 1.97 bits per heavy atom. The van der Waals surface area contributed by atoms with Crippen LogP contribution >= 0.6 is 0 Å². The zero-order chi connectivity index (χ0) is 22.9. The lowest BCUT2D eigenvalue weighted by Gasteiger charge is -2.23. The number of fused-ring (bicyclic) bond motifs is 1. The Hall–Kier alpha value is -4.42. The molecule has 0 spiro atoms.